The minimum absolute atomic E-state index is 0.118. The fraction of sp³-hybridized carbons (Fsp3) is 0. The van der Waals surface area contributed by atoms with Gasteiger partial charge in [-0.2, -0.15) is 0 Å². The molecule has 0 aliphatic carbocycles. The average Bonchev–Trinajstić information content (AvgIpc) is 2.75. The second-order valence-corrected chi connectivity index (χ2v) is 3.77. The van der Waals surface area contributed by atoms with Crippen molar-refractivity contribution in [2.75, 3.05) is 0 Å². The fourth-order valence-corrected chi connectivity index (χ4v) is 1.68. The number of fused-ring (bicyclic) bond motifs is 1. The maximum absolute atomic E-state index is 11.7. The average molecular weight is 246 g/mol. The Balaban J connectivity index is 2.33. The highest BCUT2D eigenvalue weighted by molar-refractivity contribution is 7.71. The van der Waals surface area contributed by atoms with Crippen molar-refractivity contribution in [1.29, 1.82) is 0 Å². The van der Waals surface area contributed by atoms with Crippen LogP contribution in [0.2, 0.25) is 0 Å². The molecule has 0 aliphatic rings. The predicted octanol–water partition coefficient (Wildman–Crippen LogP) is 2.51. The maximum atomic E-state index is 11.7. The number of para-hydroxylation sites is 1. The molecule has 5 nitrogen and oxygen atoms in total. The molecule has 0 amide bonds. The molecule has 0 unspecified atom stereocenters. The predicted molar refractivity (Wildman–Crippen MR) is 63.2 cm³/mol. The van der Waals surface area contributed by atoms with Crippen molar-refractivity contribution in [1.82, 2.24) is 10.2 Å². The van der Waals surface area contributed by atoms with Gasteiger partial charge in [0, 0.05) is 5.39 Å². The molecule has 0 spiro atoms. The number of hydrogen-bond acceptors (Lipinski definition) is 5. The molecular weight excluding hydrogens is 240 g/mol. The van der Waals surface area contributed by atoms with Crippen molar-refractivity contribution in [3.8, 4) is 11.5 Å². The van der Waals surface area contributed by atoms with Crippen LogP contribution in [0.25, 0.3) is 22.4 Å². The smallest absolute Gasteiger partial charge is 0.349 e. The van der Waals surface area contributed by atoms with Crippen LogP contribution >= 0.6 is 12.2 Å². The molecule has 0 atom stereocenters. The van der Waals surface area contributed by atoms with E-state index in [1.54, 1.807) is 18.2 Å². The summed E-state index contributed by atoms with van der Waals surface area (Å²) in [6.07, 6.45) is 0. The summed E-state index contributed by atoms with van der Waals surface area (Å²) in [5.41, 5.74) is 0.264. The Morgan fingerprint density at radius 1 is 1.24 bits per heavy atom. The normalized spacial score (nSPS) is 10.8. The summed E-state index contributed by atoms with van der Waals surface area (Å²) in [7, 11) is 0. The van der Waals surface area contributed by atoms with Gasteiger partial charge in [0.05, 0.1) is 0 Å². The van der Waals surface area contributed by atoms with E-state index in [1.807, 2.05) is 12.1 Å². The summed E-state index contributed by atoms with van der Waals surface area (Å²) < 4.78 is 10.2. The summed E-state index contributed by atoms with van der Waals surface area (Å²) in [6.45, 7) is 0. The molecular formula is C11H6N2O3S. The van der Waals surface area contributed by atoms with Crippen LogP contribution in [0.3, 0.4) is 0 Å². The van der Waals surface area contributed by atoms with Gasteiger partial charge in [-0.05, 0) is 24.4 Å². The number of nitrogens with one attached hydrogen (secondary N) is 1. The third-order valence-corrected chi connectivity index (χ3v) is 2.48. The standard InChI is InChI=1S/C11H6N2O3S/c14-10-7(9-12-13-11(17)16-9)5-6-3-1-2-4-8(6)15-10/h1-5H,(H,13,17). The second kappa shape index (κ2) is 3.67. The van der Waals surface area contributed by atoms with Crippen molar-refractivity contribution in [2.24, 2.45) is 0 Å². The summed E-state index contributed by atoms with van der Waals surface area (Å²) in [5, 5.41) is 7.06. The Morgan fingerprint density at radius 2 is 2.06 bits per heavy atom. The lowest BCUT2D eigenvalue weighted by Crippen LogP contribution is -2.02. The minimum Gasteiger partial charge on any atom is -0.422 e. The van der Waals surface area contributed by atoms with E-state index in [0.29, 0.717) is 5.58 Å². The lowest BCUT2D eigenvalue weighted by Gasteiger charge is -1.97. The van der Waals surface area contributed by atoms with Crippen molar-refractivity contribution >= 4 is 23.2 Å². The van der Waals surface area contributed by atoms with Crippen LogP contribution in [0, 0.1) is 4.84 Å². The van der Waals surface area contributed by atoms with E-state index in [9.17, 15) is 4.79 Å². The molecule has 0 aliphatic heterocycles. The van der Waals surface area contributed by atoms with Gasteiger partial charge in [-0.1, -0.05) is 18.2 Å². The van der Waals surface area contributed by atoms with Gasteiger partial charge in [0.1, 0.15) is 11.1 Å². The Hall–Kier alpha value is -2.21. The molecule has 0 saturated carbocycles. The van der Waals surface area contributed by atoms with Gasteiger partial charge in [-0.25, -0.2) is 9.89 Å². The van der Waals surface area contributed by atoms with E-state index in [4.69, 9.17) is 21.1 Å². The number of H-pyrrole nitrogens is 1. The molecule has 3 rings (SSSR count). The van der Waals surface area contributed by atoms with Crippen molar-refractivity contribution < 1.29 is 8.83 Å². The molecule has 84 valence electrons. The SMILES string of the molecule is O=c1oc2ccccc2cc1-c1n[nH]c(=S)o1. The van der Waals surface area contributed by atoms with Crippen LogP contribution in [-0.4, -0.2) is 10.2 Å². The van der Waals surface area contributed by atoms with Gasteiger partial charge in [-0.3, -0.25) is 0 Å². The first-order chi connectivity index (χ1) is 8.24. The van der Waals surface area contributed by atoms with E-state index in [1.165, 1.54) is 0 Å². The van der Waals surface area contributed by atoms with Crippen LogP contribution < -0.4 is 5.63 Å². The second-order valence-electron chi connectivity index (χ2n) is 3.40. The molecule has 0 saturated heterocycles. The van der Waals surface area contributed by atoms with Crippen molar-refractivity contribution in [3.05, 3.63) is 45.6 Å². The van der Waals surface area contributed by atoms with E-state index in [0.717, 1.165) is 5.39 Å². The number of rotatable bonds is 1. The largest absolute Gasteiger partial charge is 0.422 e. The zero-order valence-electron chi connectivity index (χ0n) is 8.47. The molecule has 0 radical (unpaired) electrons. The van der Waals surface area contributed by atoms with Crippen LogP contribution in [0.5, 0.6) is 0 Å². The zero-order valence-corrected chi connectivity index (χ0v) is 9.28. The Kier molecular flexibility index (Phi) is 2.15. The quantitative estimate of drug-likeness (QED) is 0.527. The molecule has 2 heterocycles. The number of aromatic nitrogens is 2. The lowest BCUT2D eigenvalue weighted by atomic mass is 10.2. The van der Waals surface area contributed by atoms with E-state index in [-0.39, 0.29) is 16.3 Å². The number of aromatic amines is 1. The van der Waals surface area contributed by atoms with Gasteiger partial charge in [0.25, 0.3) is 10.7 Å². The van der Waals surface area contributed by atoms with Crippen LogP contribution in [0.15, 0.2) is 44.0 Å². The van der Waals surface area contributed by atoms with Gasteiger partial charge in [-0.15, -0.1) is 5.10 Å². The topological polar surface area (TPSA) is 72.0 Å². The third kappa shape index (κ3) is 1.68. The molecule has 3 aromatic rings. The Labute approximate surface area is 99.7 Å². The molecule has 1 N–H and O–H groups in total. The number of nitrogens with zero attached hydrogens (tertiary/aromatic N) is 1. The van der Waals surface area contributed by atoms with Gasteiger partial charge in [0.15, 0.2) is 0 Å². The van der Waals surface area contributed by atoms with E-state index >= 15 is 0 Å². The van der Waals surface area contributed by atoms with Crippen molar-refractivity contribution in [2.45, 2.75) is 0 Å². The maximum Gasteiger partial charge on any atom is 0.349 e. The van der Waals surface area contributed by atoms with Gasteiger partial charge in [0.2, 0.25) is 0 Å². The molecule has 17 heavy (non-hydrogen) atoms. The van der Waals surface area contributed by atoms with Gasteiger partial charge < -0.3 is 8.83 Å². The highest BCUT2D eigenvalue weighted by Crippen LogP contribution is 2.18. The Morgan fingerprint density at radius 3 is 2.82 bits per heavy atom. The first kappa shape index (κ1) is 9.98. The lowest BCUT2D eigenvalue weighted by molar-refractivity contribution is 0.533. The third-order valence-electron chi connectivity index (χ3n) is 2.31. The van der Waals surface area contributed by atoms with Crippen LogP contribution in [-0.2, 0) is 0 Å². The number of benzene rings is 1. The van der Waals surface area contributed by atoms with Crippen LogP contribution in [0.4, 0.5) is 0 Å². The summed E-state index contributed by atoms with van der Waals surface area (Å²) >= 11 is 4.75. The summed E-state index contributed by atoms with van der Waals surface area (Å²) in [5.74, 6) is 0.134. The number of hydrogen-bond donors (Lipinski definition) is 1. The fourth-order valence-electron chi connectivity index (χ4n) is 1.56. The van der Waals surface area contributed by atoms with Crippen LogP contribution in [0.1, 0.15) is 0 Å². The monoisotopic (exact) mass is 246 g/mol. The zero-order chi connectivity index (χ0) is 11.8. The highest BCUT2D eigenvalue weighted by atomic mass is 32.1. The Bertz CT molecular complexity index is 800. The molecule has 1 aromatic carbocycles. The molecule has 2 aromatic heterocycles. The van der Waals surface area contributed by atoms with Crippen molar-refractivity contribution in [3.63, 3.8) is 0 Å². The summed E-state index contributed by atoms with van der Waals surface area (Å²) in [6, 6.07) is 8.87. The first-order valence-corrected chi connectivity index (χ1v) is 5.23. The molecule has 0 bridgehead atoms. The minimum atomic E-state index is -0.506. The first-order valence-electron chi connectivity index (χ1n) is 4.83. The van der Waals surface area contributed by atoms with Gasteiger partial charge >= 0.3 is 5.63 Å². The molecule has 6 heteroatoms. The molecule has 0 fully saturated rings. The van der Waals surface area contributed by atoms with E-state index < -0.39 is 5.63 Å². The highest BCUT2D eigenvalue weighted by Gasteiger charge is 2.11. The van der Waals surface area contributed by atoms with E-state index in [2.05, 4.69) is 10.2 Å². The summed E-state index contributed by atoms with van der Waals surface area (Å²) in [4.78, 5) is 11.8.